The van der Waals surface area contributed by atoms with E-state index in [4.69, 9.17) is 9.47 Å². The number of fused-ring (bicyclic) bond motifs is 1. The zero-order valence-corrected chi connectivity index (χ0v) is 12.4. The molecule has 0 saturated carbocycles. The van der Waals surface area contributed by atoms with Crippen molar-refractivity contribution in [1.82, 2.24) is 14.3 Å². The molecule has 6 nitrogen and oxygen atoms in total. The van der Waals surface area contributed by atoms with Crippen LogP contribution >= 0.6 is 0 Å². The lowest BCUT2D eigenvalue weighted by Crippen LogP contribution is -2.35. The molecular formula is C15H18FN3O3. The molecule has 0 N–H and O–H groups in total. The number of Topliss-reactive ketones (excluding diaryl/α,β-unsaturated/α-hetero) is 1. The molecule has 3 heterocycles. The van der Waals surface area contributed by atoms with Crippen LogP contribution in [0.5, 0.6) is 0 Å². The number of rotatable bonds is 5. The van der Waals surface area contributed by atoms with Gasteiger partial charge in [-0.15, -0.1) is 0 Å². The molecular weight excluding hydrogens is 289 g/mol. The third kappa shape index (κ3) is 2.87. The first-order valence-corrected chi connectivity index (χ1v) is 7.18. The van der Waals surface area contributed by atoms with Crippen LogP contribution in [0.3, 0.4) is 0 Å². The molecule has 1 saturated heterocycles. The van der Waals surface area contributed by atoms with Crippen molar-refractivity contribution in [2.75, 3.05) is 40.0 Å². The van der Waals surface area contributed by atoms with Gasteiger partial charge in [0.05, 0.1) is 18.9 Å². The Bertz CT molecular complexity index is 680. The molecule has 0 aromatic carbocycles. The van der Waals surface area contributed by atoms with Crippen LogP contribution in [-0.4, -0.2) is 60.1 Å². The quantitative estimate of drug-likeness (QED) is 0.775. The molecule has 2 aromatic rings. The second-order valence-electron chi connectivity index (χ2n) is 5.20. The predicted octanol–water partition coefficient (Wildman–Crippen LogP) is 1.13. The first kappa shape index (κ1) is 15.1. The molecule has 0 unspecified atom stereocenters. The van der Waals surface area contributed by atoms with Crippen molar-refractivity contribution >= 4 is 11.3 Å². The number of carbonyl (C=O) groups excluding carboxylic acids is 1. The van der Waals surface area contributed by atoms with Crippen molar-refractivity contribution in [2.45, 2.75) is 6.54 Å². The minimum absolute atomic E-state index is 0.0768. The number of ether oxygens (including phenoxy) is 2. The van der Waals surface area contributed by atoms with Gasteiger partial charge in [-0.1, -0.05) is 0 Å². The van der Waals surface area contributed by atoms with Crippen LogP contribution in [0.4, 0.5) is 4.39 Å². The molecule has 1 fully saturated rings. The van der Waals surface area contributed by atoms with E-state index in [0.29, 0.717) is 31.0 Å². The van der Waals surface area contributed by atoms with Gasteiger partial charge >= 0.3 is 0 Å². The van der Waals surface area contributed by atoms with Crippen molar-refractivity contribution in [3.8, 4) is 0 Å². The fourth-order valence-electron chi connectivity index (χ4n) is 2.64. The molecule has 0 atom stereocenters. The van der Waals surface area contributed by atoms with Gasteiger partial charge in [-0.05, 0) is 12.1 Å². The minimum atomic E-state index is -0.380. The Morgan fingerprint density at radius 1 is 1.45 bits per heavy atom. The second-order valence-corrected chi connectivity index (χ2v) is 5.20. The smallest absolute Gasteiger partial charge is 0.224 e. The fourth-order valence-corrected chi connectivity index (χ4v) is 2.64. The summed E-state index contributed by atoms with van der Waals surface area (Å²) in [6.07, 6.45) is 1.65. The van der Waals surface area contributed by atoms with E-state index in [-0.39, 0.29) is 24.0 Å². The number of morpholine rings is 1. The van der Waals surface area contributed by atoms with Crippen LogP contribution in [-0.2, 0) is 16.0 Å². The zero-order valence-electron chi connectivity index (χ0n) is 12.4. The van der Waals surface area contributed by atoms with Gasteiger partial charge < -0.3 is 9.47 Å². The summed E-state index contributed by atoms with van der Waals surface area (Å²) in [5.41, 5.74) is 0.924. The molecule has 22 heavy (non-hydrogen) atoms. The Morgan fingerprint density at radius 3 is 2.95 bits per heavy atom. The number of methoxy groups -OCH3 is 1. The molecule has 3 rings (SSSR count). The maximum Gasteiger partial charge on any atom is 0.224 e. The zero-order chi connectivity index (χ0) is 15.5. The van der Waals surface area contributed by atoms with Crippen LogP contribution in [0.1, 0.15) is 16.3 Å². The van der Waals surface area contributed by atoms with Crippen LogP contribution < -0.4 is 0 Å². The Labute approximate surface area is 127 Å². The van der Waals surface area contributed by atoms with E-state index in [9.17, 15) is 9.18 Å². The van der Waals surface area contributed by atoms with Crippen molar-refractivity contribution in [3.63, 3.8) is 0 Å². The van der Waals surface area contributed by atoms with E-state index >= 15 is 0 Å². The molecule has 0 radical (unpaired) electrons. The maximum atomic E-state index is 14.2. The lowest BCUT2D eigenvalue weighted by molar-refractivity contribution is 0.0338. The lowest BCUT2D eigenvalue weighted by Gasteiger charge is -2.25. The summed E-state index contributed by atoms with van der Waals surface area (Å²) in [5.74, 6) is -0.439. The maximum absolute atomic E-state index is 14.2. The van der Waals surface area contributed by atoms with E-state index < -0.39 is 0 Å². The highest BCUT2D eigenvalue weighted by Crippen LogP contribution is 2.19. The first-order valence-electron chi connectivity index (χ1n) is 7.18. The van der Waals surface area contributed by atoms with Crippen LogP contribution in [0, 0.1) is 5.82 Å². The number of carbonyl (C=O) groups is 1. The molecule has 0 amide bonds. The Morgan fingerprint density at radius 2 is 2.23 bits per heavy atom. The van der Waals surface area contributed by atoms with Gasteiger partial charge in [0.25, 0.3) is 0 Å². The number of aromatic nitrogens is 2. The molecule has 1 aliphatic rings. The van der Waals surface area contributed by atoms with Gasteiger partial charge in [0.2, 0.25) is 5.78 Å². The Kier molecular flexibility index (Phi) is 4.47. The molecule has 0 spiro atoms. The summed E-state index contributed by atoms with van der Waals surface area (Å²) < 4.78 is 25.9. The van der Waals surface area contributed by atoms with Crippen LogP contribution in [0.2, 0.25) is 0 Å². The summed E-state index contributed by atoms with van der Waals surface area (Å²) >= 11 is 0. The number of pyridine rings is 1. The normalized spacial score (nSPS) is 16.3. The fraction of sp³-hybridized carbons (Fsp3) is 0.467. The van der Waals surface area contributed by atoms with Gasteiger partial charge in [-0.3, -0.25) is 14.1 Å². The summed E-state index contributed by atoms with van der Waals surface area (Å²) in [4.78, 5) is 18.6. The first-order chi connectivity index (χ1) is 10.7. The number of hydrogen-bond donors (Lipinski definition) is 0. The molecule has 0 bridgehead atoms. The number of nitrogens with zero attached hydrogens (tertiary/aromatic N) is 3. The average molecular weight is 307 g/mol. The molecule has 2 aromatic heterocycles. The van der Waals surface area contributed by atoms with Gasteiger partial charge in [0.1, 0.15) is 17.9 Å². The third-order valence-corrected chi connectivity index (χ3v) is 3.69. The summed E-state index contributed by atoms with van der Waals surface area (Å²) in [6.45, 7) is 3.28. The summed E-state index contributed by atoms with van der Waals surface area (Å²) in [7, 11) is 1.45. The second kappa shape index (κ2) is 6.51. The van der Waals surface area contributed by atoms with Gasteiger partial charge in [0.15, 0.2) is 5.82 Å². The molecule has 1 aliphatic heterocycles. The Balaban J connectivity index is 1.99. The highest BCUT2D eigenvalue weighted by molar-refractivity contribution is 5.95. The highest BCUT2D eigenvalue weighted by Gasteiger charge is 2.21. The number of halogens is 1. The lowest BCUT2D eigenvalue weighted by atomic mass is 10.3. The van der Waals surface area contributed by atoms with Crippen LogP contribution in [0.15, 0.2) is 18.3 Å². The number of imidazole rings is 1. The van der Waals surface area contributed by atoms with Crippen molar-refractivity contribution in [1.29, 1.82) is 0 Å². The Hall–Kier alpha value is -1.83. The molecule has 118 valence electrons. The number of ketones is 1. The van der Waals surface area contributed by atoms with Crippen molar-refractivity contribution in [2.24, 2.45) is 0 Å². The van der Waals surface area contributed by atoms with Crippen molar-refractivity contribution < 1.29 is 18.7 Å². The average Bonchev–Trinajstić information content (AvgIpc) is 2.89. The van der Waals surface area contributed by atoms with E-state index in [1.54, 1.807) is 12.3 Å². The van der Waals surface area contributed by atoms with Crippen LogP contribution in [0.25, 0.3) is 5.52 Å². The third-order valence-electron chi connectivity index (χ3n) is 3.69. The minimum Gasteiger partial charge on any atom is -0.379 e. The van der Waals surface area contributed by atoms with E-state index in [2.05, 4.69) is 9.88 Å². The van der Waals surface area contributed by atoms with E-state index in [1.807, 2.05) is 0 Å². The summed E-state index contributed by atoms with van der Waals surface area (Å²) in [5, 5.41) is 0. The molecule has 0 aliphatic carbocycles. The monoisotopic (exact) mass is 307 g/mol. The summed E-state index contributed by atoms with van der Waals surface area (Å²) in [6, 6.07) is 2.94. The topological polar surface area (TPSA) is 56.1 Å². The number of hydrogen-bond acceptors (Lipinski definition) is 5. The standard InChI is InChI=1S/C15H18FN3O3/c1-21-10-13(20)15-17-12(9-18-5-7-22-8-6-18)14-11(16)3-2-4-19(14)15/h2-4H,5-10H2,1H3. The largest absolute Gasteiger partial charge is 0.379 e. The SMILES string of the molecule is COCC(=O)c1nc(CN2CCOCC2)c2c(F)cccn12. The van der Waals surface area contributed by atoms with Gasteiger partial charge in [0, 0.05) is 32.9 Å². The van der Waals surface area contributed by atoms with E-state index in [0.717, 1.165) is 13.1 Å². The van der Waals surface area contributed by atoms with Gasteiger partial charge in [-0.25, -0.2) is 9.37 Å². The predicted molar refractivity (Wildman–Crippen MR) is 77.5 cm³/mol. The van der Waals surface area contributed by atoms with Gasteiger partial charge in [-0.2, -0.15) is 0 Å². The van der Waals surface area contributed by atoms with E-state index in [1.165, 1.54) is 17.6 Å². The van der Waals surface area contributed by atoms with Crippen molar-refractivity contribution in [3.05, 3.63) is 35.7 Å². The molecule has 7 heteroatoms. The highest BCUT2D eigenvalue weighted by atomic mass is 19.1.